The lowest BCUT2D eigenvalue weighted by molar-refractivity contribution is -0.120. The number of benzene rings is 1. The molecule has 0 aliphatic carbocycles. The van der Waals surface area contributed by atoms with E-state index in [9.17, 15) is 4.79 Å². The molecule has 0 fully saturated rings. The van der Waals surface area contributed by atoms with Crippen LogP contribution in [0.2, 0.25) is 0 Å². The highest BCUT2D eigenvalue weighted by molar-refractivity contribution is 9.10. The van der Waals surface area contributed by atoms with E-state index in [1.54, 1.807) is 12.4 Å². The predicted octanol–water partition coefficient (Wildman–Crippen LogP) is 3.01. The number of halogens is 1. The molecule has 0 aliphatic heterocycles. The second-order valence-corrected chi connectivity index (χ2v) is 5.30. The molecular weight excluding hydrogens is 304 g/mol. The molecule has 1 N–H and O–H groups in total. The number of aryl methyl sites for hydroxylation is 1. The van der Waals surface area contributed by atoms with E-state index >= 15 is 0 Å². The molecule has 1 aromatic heterocycles. The highest BCUT2D eigenvalue weighted by Gasteiger charge is 2.06. The van der Waals surface area contributed by atoms with E-state index < -0.39 is 0 Å². The number of amides is 1. The summed E-state index contributed by atoms with van der Waals surface area (Å²) < 4.78 is 0.995. The van der Waals surface area contributed by atoms with Crippen molar-refractivity contribution >= 4 is 21.8 Å². The monoisotopic (exact) mass is 318 g/mol. The smallest absolute Gasteiger partial charge is 0.224 e. The molecule has 2 aromatic rings. The first-order chi connectivity index (χ1) is 9.15. The van der Waals surface area contributed by atoms with Gasteiger partial charge in [-0.2, -0.15) is 0 Å². The zero-order valence-electron chi connectivity index (χ0n) is 10.7. The Morgan fingerprint density at radius 1 is 1.26 bits per heavy atom. The van der Waals surface area contributed by atoms with Crippen LogP contribution < -0.4 is 5.32 Å². The van der Waals surface area contributed by atoms with Crippen LogP contribution in [0.1, 0.15) is 16.7 Å². The van der Waals surface area contributed by atoms with Crippen molar-refractivity contribution in [1.82, 2.24) is 10.3 Å². The van der Waals surface area contributed by atoms with Gasteiger partial charge < -0.3 is 5.32 Å². The Morgan fingerprint density at radius 2 is 2.00 bits per heavy atom. The van der Waals surface area contributed by atoms with Crippen LogP contribution in [0.5, 0.6) is 0 Å². The van der Waals surface area contributed by atoms with Gasteiger partial charge in [-0.15, -0.1) is 0 Å². The number of rotatable bonds is 4. The van der Waals surface area contributed by atoms with Crippen LogP contribution >= 0.6 is 15.9 Å². The third-order valence-corrected chi connectivity index (χ3v) is 3.39. The van der Waals surface area contributed by atoms with Crippen LogP contribution in [0.25, 0.3) is 0 Å². The Labute approximate surface area is 121 Å². The molecule has 0 unspecified atom stereocenters. The number of carbonyl (C=O) groups excluding carboxylic acids is 1. The molecule has 1 amide bonds. The zero-order valence-corrected chi connectivity index (χ0v) is 12.3. The lowest BCUT2D eigenvalue weighted by atomic mass is 10.1. The molecule has 0 saturated heterocycles. The molecule has 0 bridgehead atoms. The molecule has 98 valence electrons. The number of carbonyl (C=O) groups is 1. The van der Waals surface area contributed by atoms with Crippen LogP contribution in [0.3, 0.4) is 0 Å². The first-order valence-corrected chi connectivity index (χ1v) is 6.85. The van der Waals surface area contributed by atoms with Gasteiger partial charge in [-0.3, -0.25) is 9.78 Å². The lowest BCUT2D eigenvalue weighted by Crippen LogP contribution is -2.24. The Bertz CT molecular complexity index is 570. The summed E-state index contributed by atoms with van der Waals surface area (Å²) in [5.74, 6) is 0.0259. The highest BCUT2D eigenvalue weighted by atomic mass is 79.9. The number of aromatic nitrogens is 1. The van der Waals surface area contributed by atoms with Gasteiger partial charge in [0.2, 0.25) is 5.91 Å². The second-order valence-electron chi connectivity index (χ2n) is 4.38. The van der Waals surface area contributed by atoms with Crippen molar-refractivity contribution < 1.29 is 4.79 Å². The van der Waals surface area contributed by atoms with E-state index in [1.165, 1.54) is 0 Å². The number of nitrogens with zero attached hydrogens (tertiary/aromatic N) is 1. The van der Waals surface area contributed by atoms with Gasteiger partial charge in [-0.05, 0) is 47.9 Å². The van der Waals surface area contributed by atoms with Crippen LogP contribution in [-0.4, -0.2) is 10.9 Å². The maximum Gasteiger partial charge on any atom is 0.224 e. The Hall–Kier alpha value is -1.68. The minimum Gasteiger partial charge on any atom is -0.352 e. The standard InChI is InChI=1S/C15H15BrN2O/c1-11-2-3-14(16)8-13(11)9-15(19)18-10-12-4-6-17-7-5-12/h2-8H,9-10H2,1H3,(H,18,19). The number of hydrogen-bond acceptors (Lipinski definition) is 2. The first-order valence-electron chi connectivity index (χ1n) is 6.06. The van der Waals surface area contributed by atoms with Crippen LogP contribution in [0.15, 0.2) is 47.2 Å². The second kappa shape index (κ2) is 6.48. The van der Waals surface area contributed by atoms with E-state index in [-0.39, 0.29) is 5.91 Å². The van der Waals surface area contributed by atoms with Crippen LogP contribution in [0, 0.1) is 6.92 Å². The quantitative estimate of drug-likeness (QED) is 0.941. The third kappa shape index (κ3) is 4.17. The van der Waals surface area contributed by atoms with E-state index in [0.717, 1.165) is 21.2 Å². The molecule has 1 heterocycles. The predicted molar refractivity (Wildman–Crippen MR) is 78.7 cm³/mol. The maximum atomic E-state index is 11.9. The number of pyridine rings is 1. The fourth-order valence-corrected chi connectivity index (χ4v) is 2.18. The van der Waals surface area contributed by atoms with E-state index in [4.69, 9.17) is 0 Å². The highest BCUT2D eigenvalue weighted by Crippen LogP contribution is 2.16. The lowest BCUT2D eigenvalue weighted by Gasteiger charge is -2.08. The molecule has 0 atom stereocenters. The molecular formula is C15H15BrN2O. The van der Waals surface area contributed by atoms with E-state index in [1.807, 2.05) is 37.3 Å². The van der Waals surface area contributed by atoms with Gasteiger partial charge in [-0.25, -0.2) is 0 Å². The van der Waals surface area contributed by atoms with Gasteiger partial charge in [0.05, 0.1) is 6.42 Å². The fraction of sp³-hybridized carbons (Fsp3) is 0.200. The average molecular weight is 319 g/mol. The summed E-state index contributed by atoms with van der Waals surface area (Å²) >= 11 is 3.42. The van der Waals surface area contributed by atoms with Crippen molar-refractivity contribution in [2.24, 2.45) is 0 Å². The maximum absolute atomic E-state index is 11.9. The van der Waals surface area contributed by atoms with Crippen molar-refractivity contribution in [3.05, 3.63) is 63.9 Å². The summed E-state index contributed by atoms with van der Waals surface area (Å²) in [5.41, 5.74) is 3.22. The minimum absolute atomic E-state index is 0.0259. The van der Waals surface area contributed by atoms with E-state index in [0.29, 0.717) is 13.0 Å². The summed E-state index contributed by atoms with van der Waals surface area (Å²) in [6.45, 7) is 2.55. The number of hydrogen-bond donors (Lipinski definition) is 1. The normalized spacial score (nSPS) is 10.2. The van der Waals surface area contributed by atoms with Crippen LogP contribution in [0.4, 0.5) is 0 Å². The first kappa shape index (κ1) is 13.7. The van der Waals surface area contributed by atoms with Gasteiger partial charge in [0.25, 0.3) is 0 Å². The zero-order chi connectivity index (χ0) is 13.7. The summed E-state index contributed by atoms with van der Waals surface area (Å²) in [6, 6.07) is 9.76. The van der Waals surface area contributed by atoms with Gasteiger partial charge in [0, 0.05) is 23.4 Å². The van der Waals surface area contributed by atoms with Crippen molar-refractivity contribution in [3.8, 4) is 0 Å². The Morgan fingerprint density at radius 3 is 2.74 bits per heavy atom. The third-order valence-electron chi connectivity index (χ3n) is 2.90. The van der Waals surface area contributed by atoms with Gasteiger partial charge in [-0.1, -0.05) is 22.0 Å². The van der Waals surface area contributed by atoms with Gasteiger partial charge in [0.15, 0.2) is 0 Å². The molecule has 4 heteroatoms. The molecule has 0 saturated carbocycles. The summed E-state index contributed by atoms with van der Waals surface area (Å²) in [5, 5.41) is 2.91. The fourth-order valence-electron chi connectivity index (χ4n) is 1.77. The summed E-state index contributed by atoms with van der Waals surface area (Å²) in [4.78, 5) is 15.9. The molecule has 0 aliphatic rings. The number of nitrogens with one attached hydrogen (secondary N) is 1. The van der Waals surface area contributed by atoms with Gasteiger partial charge in [0.1, 0.15) is 0 Å². The molecule has 2 rings (SSSR count). The van der Waals surface area contributed by atoms with Crippen molar-refractivity contribution in [1.29, 1.82) is 0 Å². The largest absolute Gasteiger partial charge is 0.352 e. The minimum atomic E-state index is 0.0259. The Kier molecular flexibility index (Phi) is 4.68. The molecule has 1 aromatic carbocycles. The summed E-state index contributed by atoms with van der Waals surface area (Å²) in [6.07, 6.45) is 3.84. The van der Waals surface area contributed by atoms with Crippen molar-refractivity contribution in [2.75, 3.05) is 0 Å². The molecule has 3 nitrogen and oxygen atoms in total. The van der Waals surface area contributed by atoms with Crippen molar-refractivity contribution in [3.63, 3.8) is 0 Å². The molecule has 0 radical (unpaired) electrons. The molecule has 0 spiro atoms. The Balaban J connectivity index is 1.93. The molecule has 19 heavy (non-hydrogen) atoms. The SMILES string of the molecule is Cc1ccc(Br)cc1CC(=O)NCc1ccncc1. The van der Waals surface area contributed by atoms with Crippen molar-refractivity contribution in [2.45, 2.75) is 19.9 Å². The summed E-state index contributed by atoms with van der Waals surface area (Å²) in [7, 11) is 0. The topological polar surface area (TPSA) is 42.0 Å². The van der Waals surface area contributed by atoms with Gasteiger partial charge >= 0.3 is 0 Å². The average Bonchev–Trinajstić information content (AvgIpc) is 2.42. The van der Waals surface area contributed by atoms with E-state index in [2.05, 4.69) is 26.2 Å². The van der Waals surface area contributed by atoms with Crippen LogP contribution in [-0.2, 0) is 17.8 Å².